The molecule has 0 aromatic heterocycles. The smallest absolute Gasteiger partial charge is 0.255 e. The molecule has 0 unspecified atom stereocenters. The van der Waals surface area contributed by atoms with Gasteiger partial charge < -0.3 is 19.7 Å². The second kappa shape index (κ2) is 8.92. The molecule has 0 atom stereocenters. The van der Waals surface area contributed by atoms with Gasteiger partial charge in [0.1, 0.15) is 5.75 Å². The van der Waals surface area contributed by atoms with Crippen LogP contribution in [0.3, 0.4) is 0 Å². The number of hydrogen-bond donors (Lipinski definition) is 1. The lowest BCUT2D eigenvalue weighted by molar-refractivity contribution is 0.102. The van der Waals surface area contributed by atoms with E-state index in [1.54, 1.807) is 12.1 Å². The summed E-state index contributed by atoms with van der Waals surface area (Å²) >= 11 is 6.42. The third-order valence-corrected chi connectivity index (χ3v) is 4.44. The number of anilines is 2. The molecular weight excluding hydrogens is 352 g/mol. The van der Waals surface area contributed by atoms with Crippen molar-refractivity contribution in [1.82, 2.24) is 0 Å². The third-order valence-electron chi connectivity index (χ3n) is 4.13. The van der Waals surface area contributed by atoms with Gasteiger partial charge in [0.2, 0.25) is 0 Å². The standard InChI is InChI=1S/C20H23ClN2O3/c1-2-11-26-16-6-3-5-15(14-16)20(24)22-18-8-4-7-17(21)19(18)23-9-12-25-13-10-23/h3-8,14H,2,9-13H2,1H3,(H,22,24). The van der Waals surface area contributed by atoms with Gasteiger partial charge in [-0.2, -0.15) is 0 Å². The predicted octanol–water partition coefficient (Wildman–Crippen LogP) is 4.22. The summed E-state index contributed by atoms with van der Waals surface area (Å²) in [6.07, 6.45) is 0.918. The van der Waals surface area contributed by atoms with Crippen molar-refractivity contribution in [3.8, 4) is 5.75 Å². The molecule has 0 radical (unpaired) electrons. The first kappa shape index (κ1) is 18.5. The van der Waals surface area contributed by atoms with Gasteiger partial charge in [-0.25, -0.2) is 0 Å². The summed E-state index contributed by atoms with van der Waals surface area (Å²) < 4.78 is 11.0. The zero-order valence-corrected chi connectivity index (χ0v) is 15.6. The van der Waals surface area contributed by atoms with Gasteiger partial charge in [-0.3, -0.25) is 4.79 Å². The molecule has 26 heavy (non-hydrogen) atoms. The van der Waals surface area contributed by atoms with Crippen LogP contribution in [-0.2, 0) is 4.74 Å². The Morgan fingerprint density at radius 2 is 2.00 bits per heavy atom. The molecule has 1 N–H and O–H groups in total. The summed E-state index contributed by atoms with van der Waals surface area (Å²) in [5.41, 5.74) is 2.08. The maximum absolute atomic E-state index is 12.7. The number of carbonyl (C=O) groups is 1. The Hall–Kier alpha value is -2.24. The van der Waals surface area contributed by atoms with Crippen LogP contribution in [0.25, 0.3) is 0 Å². The number of amides is 1. The lowest BCUT2D eigenvalue weighted by Gasteiger charge is -2.31. The quantitative estimate of drug-likeness (QED) is 0.822. The topological polar surface area (TPSA) is 50.8 Å². The van der Waals surface area contributed by atoms with E-state index in [0.717, 1.165) is 25.2 Å². The minimum Gasteiger partial charge on any atom is -0.494 e. The number of carbonyl (C=O) groups excluding carboxylic acids is 1. The van der Waals surface area contributed by atoms with Crippen LogP contribution in [0.5, 0.6) is 5.75 Å². The fraction of sp³-hybridized carbons (Fsp3) is 0.350. The average molecular weight is 375 g/mol. The SMILES string of the molecule is CCCOc1cccc(C(=O)Nc2cccc(Cl)c2N2CCOCC2)c1. The molecular formula is C20H23ClN2O3. The number of hydrogen-bond acceptors (Lipinski definition) is 4. The zero-order chi connectivity index (χ0) is 18.4. The fourth-order valence-corrected chi connectivity index (χ4v) is 3.16. The minimum atomic E-state index is -0.191. The second-order valence-corrected chi connectivity index (χ2v) is 6.47. The Balaban J connectivity index is 1.80. The van der Waals surface area contributed by atoms with Crippen molar-refractivity contribution in [3.05, 3.63) is 53.1 Å². The van der Waals surface area contributed by atoms with Gasteiger partial charge >= 0.3 is 0 Å². The lowest BCUT2D eigenvalue weighted by Crippen LogP contribution is -2.37. The van der Waals surface area contributed by atoms with Gasteiger partial charge in [-0.1, -0.05) is 30.7 Å². The number of nitrogens with one attached hydrogen (secondary N) is 1. The summed E-state index contributed by atoms with van der Waals surface area (Å²) in [6.45, 7) is 5.45. The van der Waals surface area contributed by atoms with Crippen molar-refractivity contribution in [2.75, 3.05) is 43.1 Å². The van der Waals surface area contributed by atoms with E-state index in [-0.39, 0.29) is 5.91 Å². The molecule has 0 spiro atoms. The van der Waals surface area contributed by atoms with E-state index >= 15 is 0 Å². The van der Waals surface area contributed by atoms with Crippen molar-refractivity contribution in [2.45, 2.75) is 13.3 Å². The molecule has 1 amide bonds. The number of benzene rings is 2. The molecule has 6 heteroatoms. The fourth-order valence-electron chi connectivity index (χ4n) is 2.87. The Morgan fingerprint density at radius 1 is 1.23 bits per heavy atom. The van der Waals surface area contributed by atoms with Crippen LogP contribution in [0.4, 0.5) is 11.4 Å². The van der Waals surface area contributed by atoms with Gasteiger partial charge in [0, 0.05) is 18.7 Å². The van der Waals surface area contributed by atoms with Gasteiger partial charge in [-0.15, -0.1) is 0 Å². The summed E-state index contributed by atoms with van der Waals surface area (Å²) in [5, 5.41) is 3.60. The lowest BCUT2D eigenvalue weighted by atomic mass is 10.1. The Morgan fingerprint density at radius 3 is 2.77 bits per heavy atom. The van der Waals surface area contributed by atoms with E-state index < -0.39 is 0 Å². The minimum absolute atomic E-state index is 0.191. The largest absolute Gasteiger partial charge is 0.494 e. The second-order valence-electron chi connectivity index (χ2n) is 6.07. The normalized spacial score (nSPS) is 14.2. The third kappa shape index (κ3) is 4.48. The van der Waals surface area contributed by atoms with Crippen molar-refractivity contribution >= 4 is 28.9 Å². The van der Waals surface area contributed by atoms with Gasteiger partial charge in [0.25, 0.3) is 5.91 Å². The van der Waals surface area contributed by atoms with Crippen LogP contribution in [0.1, 0.15) is 23.7 Å². The molecule has 0 saturated carbocycles. The van der Waals surface area contributed by atoms with Crippen LogP contribution >= 0.6 is 11.6 Å². The van der Waals surface area contributed by atoms with Crippen LogP contribution in [0.15, 0.2) is 42.5 Å². The van der Waals surface area contributed by atoms with E-state index in [0.29, 0.717) is 41.8 Å². The maximum atomic E-state index is 12.7. The Kier molecular flexibility index (Phi) is 6.36. The molecule has 5 nitrogen and oxygen atoms in total. The van der Waals surface area contributed by atoms with Gasteiger partial charge in [0.15, 0.2) is 0 Å². The predicted molar refractivity (Wildman–Crippen MR) is 105 cm³/mol. The van der Waals surface area contributed by atoms with E-state index in [4.69, 9.17) is 21.1 Å². The number of rotatable bonds is 6. The van der Waals surface area contributed by atoms with Crippen LogP contribution in [0, 0.1) is 0 Å². The molecule has 1 heterocycles. The Bertz CT molecular complexity index is 760. The number of ether oxygens (including phenoxy) is 2. The highest BCUT2D eigenvalue weighted by Crippen LogP contribution is 2.34. The zero-order valence-electron chi connectivity index (χ0n) is 14.8. The van der Waals surface area contributed by atoms with Gasteiger partial charge in [0.05, 0.1) is 36.2 Å². The van der Waals surface area contributed by atoms with Crippen LogP contribution in [0.2, 0.25) is 5.02 Å². The van der Waals surface area contributed by atoms with Crippen molar-refractivity contribution in [3.63, 3.8) is 0 Å². The summed E-state index contributed by atoms with van der Waals surface area (Å²) in [6, 6.07) is 12.7. The van der Waals surface area contributed by atoms with Crippen molar-refractivity contribution in [1.29, 1.82) is 0 Å². The first-order chi connectivity index (χ1) is 12.7. The van der Waals surface area contributed by atoms with Crippen LogP contribution < -0.4 is 15.0 Å². The number of morpholine rings is 1. The number of halogens is 1. The molecule has 1 aliphatic heterocycles. The van der Waals surface area contributed by atoms with E-state index in [1.807, 2.05) is 37.3 Å². The Labute approximate surface area is 158 Å². The molecule has 0 aliphatic carbocycles. The highest BCUT2D eigenvalue weighted by Gasteiger charge is 2.19. The van der Waals surface area contributed by atoms with Crippen molar-refractivity contribution in [2.24, 2.45) is 0 Å². The molecule has 1 saturated heterocycles. The average Bonchev–Trinajstić information content (AvgIpc) is 2.67. The summed E-state index contributed by atoms with van der Waals surface area (Å²) in [7, 11) is 0. The van der Waals surface area contributed by atoms with Crippen molar-refractivity contribution < 1.29 is 14.3 Å². The van der Waals surface area contributed by atoms with Crippen LogP contribution in [-0.4, -0.2) is 38.8 Å². The van der Waals surface area contributed by atoms with Gasteiger partial charge in [-0.05, 0) is 36.8 Å². The first-order valence-corrected chi connectivity index (χ1v) is 9.22. The molecule has 1 aliphatic rings. The first-order valence-electron chi connectivity index (χ1n) is 8.84. The highest BCUT2D eigenvalue weighted by molar-refractivity contribution is 6.34. The molecule has 2 aromatic carbocycles. The summed E-state index contributed by atoms with van der Waals surface area (Å²) in [5.74, 6) is 0.503. The monoisotopic (exact) mass is 374 g/mol. The molecule has 138 valence electrons. The number of nitrogens with zero attached hydrogens (tertiary/aromatic N) is 1. The number of para-hydroxylation sites is 1. The van der Waals surface area contributed by atoms with E-state index in [9.17, 15) is 4.79 Å². The molecule has 0 bridgehead atoms. The maximum Gasteiger partial charge on any atom is 0.255 e. The molecule has 2 aromatic rings. The highest BCUT2D eigenvalue weighted by atomic mass is 35.5. The summed E-state index contributed by atoms with van der Waals surface area (Å²) in [4.78, 5) is 14.9. The molecule has 1 fully saturated rings. The molecule has 3 rings (SSSR count). The van der Waals surface area contributed by atoms with E-state index in [2.05, 4.69) is 10.2 Å². The van der Waals surface area contributed by atoms with E-state index in [1.165, 1.54) is 0 Å².